The van der Waals surface area contributed by atoms with Gasteiger partial charge >= 0.3 is 10.2 Å². The molecule has 0 bridgehead atoms. The number of aliphatic hydroxyl groups is 1. The molecule has 2 aromatic carbocycles. The quantitative estimate of drug-likeness (QED) is 0.386. The van der Waals surface area contributed by atoms with E-state index in [1.54, 1.807) is 38.1 Å². The highest BCUT2D eigenvalue weighted by Crippen LogP contribution is 2.43. The highest BCUT2D eigenvalue weighted by Gasteiger charge is 2.31. The van der Waals surface area contributed by atoms with Crippen molar-refractivity contribution >= 4 is 16.1 Å². The van der Waals surface area contributed by atoms with Gasteiger partial charge in [-0.05, 0) is 44.5 Å². The van der Waals surface area contributed by atoms with E-state index in [4.69, 9.17) is 14.2 Å². The molecule has 1 unspecified atom stereocenters. The molecule has 2 aliphatic heterocycles. The van der Waals surface area contributed by atoms with Gasteiger partial charge in [0, 0.05) is 41.3 Å². The first-order valence-electron chi connectivity index (χ1n) is 12.7. The summed E-state index contributed by atoms with van der Waals surface area (Å²) in [6.07, 6.45) is 0.187. The summed E-state index contributed by atoms with van der Waals surface area (Å²) in [5.74, 6) is 1.29. The first-order chi connectivity index (χ1) is 18.5. The Kier molecular flexibility index (Phi) is 7.23. The fraction of sp³-hybridized carbons (Fsp3) is 0.357. The van der Waals surface area contributed by atoms with E-state index in [-0.39, 0.29) is 12.5 Å². The number of ether oxygens (including phenoxy) is 3. The number of hydrogen-bond acceptors (Lipinski definition) is 8. The number of rotatable bonds is 8. The van der Waals surface area contributed by atoms with Crippen LogP contribution in [0.3, 0.4) is 0 Å². The van der Waals surface area contributed by atoms with Crippen LogP contribution in [-0.4, -0.2) is 43.2 Å². The Morgan fingerprint density at radius 1 is 1.10 bits per heavy atom. The number of aryl methyl sites for hydroxylation is 1. The van der Waals surface area contributed by atoms with Gasteiger partial charge < -0.3 is 19.3 Å². The average Bonchev–Trinajstić information content (AvgIpc) is 3.26. The van der Waals surface area contributed by atoms with Gasteiger partial charge in [-0.25, -0.2) is 9.71 Å². The SMILES string of the molecule is Cc1nc(OCCC(C)(C)O)ccc1-c1cccc2c1OC[C@H]2Oc1ccc(C2CC(=O)NS(=O)(=O)N2)cc1. The van der Waals surface area contributed by atoms with Gasteiger partial charge in [0.25, 0.3) is 0 Å². The molecule has 0 radical (unpaired) electrons. The lowest BCUT2D eigenvalue weighted by atomic mass is 9.99. The molecule has 11 heteroatoms. The molecule has 3 N–H and O–H groups in total. The largest absolute Gasteiger partial charge is 0.488 e. The summed E-state index contributed by atoms with van der Waals surface area (Å²) >= 11 is 0. The summed E-state index contributed by atoms with van der Waals surface area (Å²) in [6.45, 7) is 6.10. The predicted octanol–water partition coefficient (Wildman–Crippen LogP) is 3.50. The van der Waals surface area contributed by atoms with Crippen molar-refractivity contribution in [3.63, 3.8) is 0 Å². The molecule has 5 rings (SSSR count). The van der Waals surface area contributed by atoms with Crippen molar-refractivity contribution in [2.24, 2.45) is 0 Å². The smallest absolute Gasteiger partial charge is 0.301 e. The summed E-state index contributed by atoms with van der Waals surface area (Å²) in [4.78, 5) is 16.3. The van der Waals surface area contributed by atoms with E-state index in [9.17, 15) is 18.3 Å². The maximum absolute atomic E-state index is 11.8. The zero-order valence-corrected chi connectivity index (χ0v) is 22.7. The van der Waals surface area contributed by atoms with Gasteiger partial charge in [0.15, 0.2) is 6.10 Å². The zero-order valence-electron chi connectivity index (χ0n) is 21.9. The van der Waals surface area contributed by atoms with Crippen LogP contribution in [0.5, 0.6) is 17.4 Å². The normalized spacial score (nSPS) is 20.1. The van der Waals surface area contributed by atoms with Crippen molar-refractivity contribution in [3.8, 4) is 28.5 Å². The van der Waals surface area contributed by atoms with Crippen LogP contribution in [0, 0.1) is 6.92 Å². The number of aromatic nitrogens is 1. The van der Waals surface area contributed by atoms with Crippen LogP contribution in [-0.2, 0) is 15.0 Å². The zero-order chi connectivity index (χ0) is 27.8. The van der Waals surface area contributed by atoms with E-state index in [0.717, 1.165) is 28.1 Å². The van der Waals surface area contributed by atoms with Gasteiger partial charge in [-0.2, -0.15) is 13.1 Å². The molecule has 0 aliphatic carbocycles. The number of nitrogens with one attached hydrogen (secondary N) is 2. The van der Waals surface area contributed by atoms with Crippen LogP contribution in [0.4, 0.5) is 0 Å². The highest BCUT2D eigenvalue weighted by atomic mass is 32.2. The topological polar surface area (TPSA) is 136 Å². The Balaban J connectivity index is 1.29. The highest BCUT2D eigenvalue weighted by molar-refractivity contribution is 7.88. The van der Waals surface area contributed by atoms with Gasteiger partial charge in [0.2, 0.25) is 11.8 Å². The van der Waals surface area contributed by atoms with Gasteiger partial charge in [-0.1, -0.05) is 30.3 Å². The molecule has 0 spiro atoms. The van der Waals surface area contributed by atoms with Crippen molar-refractivity contribution in [3.05, 3.63) is 71.4 Å². The third kappa shape index (κ3) is 6.32. The van der Waals surface area contributed by atoms with Crippen LogP contribution in [0.2, 0.25) is 0 Å². The Labute approximate surface area is 227 Å². The number of nitrogens with zero attached hydrogens (tertiary/aromatic N) is 1. The van der Waals surface area contributed by atoms with E-state index in [2.05, 4.69) is 9.71 Å². The first-order valence-corrected chi connectivity index (χ1v) is 14.1. The van der Waals surface area contributed by atoms with Crippen LogP contribution in [0.15, 0.2) is 54.6 Å². The average molecular weight is 554 g/mol. The number of amides is 1. The van der Waals surface area contributed by atoms with Crippen molar-refractivity contribution in [1.82, 2.24) is 14.4 Å². The molecule has 1 amide bonds. The third-order valence-corrected chi connectivity index (χ3v) is 7.67. The number of carbonyl (C=O) groups is 1. The molecule has 206 valence electrons. The number of fused-ring (bicyclic) bond motifs is 1. The second kappa shape index (κ2) is 10.5. The van der Waals surface area contributed by atoms with Crippen LogP contribution >= 0.6 is 0 Å². The Morgan fingerprint density at radius 3 is 2.56 bits per heavy atom. The fourth-order valence-corrected chi connectivity index (χ4v) is 5.64. The molecular weight excluding hydrogens is 522 g/mol. The Bertz CT molecular complexity index is 1480. The van der Waals surface area contributed by atoms with Crippen LogP contribution < -0.4 is 23.7 Å². The van der Waals surface area contributed by atoms with E-state index in [1.165, 1.54) is 0 Å². The number of pyridine rings is 1. The lowest BCUT2D eigenvalue weighted by molar-refractivity contribution is -0.120. The second-order valence-electron chi connectivity index (χ2n) is 10.3. The minimum atomic E-state index is -3.85. The minimum absolute atomic E-state index is 0.0221. The standard InChI is InChI=1S/C28H31N3O7S/c1-17-20(11-12-26(29-17)36-14-13-28(2,3)33)21-5-4-6-22-24(16-37-27(21)22)38-19-9-7-18(8-10-19)23-15-25(32)31-39(34,35)30-23/h4-12,23-24,30,33H,13-16H2,1-3H3,(H,31,32)/t23?,24-/m1/s1. The summed E-state index contributed by atoms with van der Waals surface area (Å²) in [5, 5.41) is 9.88. The lowest BCUT2D eigenvalue weighted by Gasteiger charge is -2.24. The van der Waals surface area contributed by atoms with E-state index >= 15 is 0 Å². The predicted molar refractivity (Wildman–Crippen MR) is 144 cm³/mol. The molecule has 2 aliphatic rings. The van der Waals surface area contributed by atoms with E-state index in [0.29, 0.717) is 36.8 Å². The number of hydrogen-bond donors (Lipinski definition) is 3. The molecule has 3 aromatic rings. The molecule has 10 nitrogen and oxygen atoms in total. The van der Waals surface area contributed by atoms with Crippen molar-refractivity contribution in [2.75, 3.05) is 13.2 Å². The van der Waals surface area contributed by atoms with E-state index < -0.39 is 27.8 Å². The fourth-order valence-electron chi connectivity index (χ4n) is 4.60. The maximum Gasteiger partial charge on any atom is 0.301 e. The summed E-state index contributed by atoms with van der Waals surface area (Å²) in [6, 6.07) is 16.0. The Morgan fingerprint density at radius 2 is 1.87 bits per heavy atom. The van der Waals surface area contributed by atoms with E-state index in [1.807, 2.05) is 42.0 Å². The molecule has 2 atom stereocenters. The van der Waals surface area contributed by atoms with Gasteiger partial charge in [0.05, 0.1) is 18.2 Å². The van der Waals surface area contributed by atoms with Gasteiger partial charge in [0.1, 0.15) is 18.1 Å². The summed E-state index contributed by atoms with van der Waals surface area (Å²) < 4.78 is 46.0. The van der Waals surface area contributed by atoms with Gasteiger partial charge in [-0.3, -0.25) is 4.79 Å². The lowest BCUT2D eigenvalue weighted by Crippen LogP contribution is -2.48. The minimum Gasteiger partial charge on any atom is -0.488 e. The second-order valence-corrected chi connectivity index (χ2v) is 11.8. The van der Waals surface area contributed by atoms with Crippen LogP contribution in [0.25, 0.3) is 11.1 Å². The molecular formula is C28H31N3O7S. The Hall–Kier alpha value is -3.67. The molecule has 0 saturated carbocycles. The van der Waals surface area contributed by atoms with Crippen molar-refractivity contribution < 1.29 is 32.5 Å². The summed E-state index contributed by atoms with van der Waals surface area (Å²) in [7, 11) is -3.85. The van der Waals surface area contributed by atoms with Crippen LogP contribution in [0.1, 0.15) is 55.7 Å². The maximum atomic E-state index is 11.8. The number of benzene rings is 2. The molecule has 3 heterocycles. The van der Waals surface area contributed by atoms with Gasteiger partial charge in [-0.15, -0.1) is 0 Å². The monoisotopic (exact) mass is 553 g/mol. The molecule has 1 saturated heterocycles. The summed E-state index contributed by atoms with van der Waals surface area (Å²) in [5.41, 5.74) is 3.40. The van der Waals surface area contributed by atoms with Crippen molar-refractivity contribution in [1.29, 1.82) is 0 Å². The van der Waals surface area contributed by atoms with Crippen molar-refractivity contribution in [2.45, 2.75) is 51.4 Å². The number of para-hydroxylation sites is 1. The molecule has 1 aromatic heterocycles. The first kappa shape index (κ1) is 26.9. The molecule has 1 fully saturated rings. The third-order valence-electron chi connectivity index (χ3n) is 6.58. The molecule has 39 heavy (non-hydrogen) atoms. The number of carbonyl (C=O) groups excluding carboxylic acids is 1.